The van der Waals surface area contributed by atoms with Crippen molar-refractivity contribution in [1.29, 1.82) is 0 Å². The van der Waals surface area contributed by atoms with E-state index in [-0.39, 0.29) is 11.9 Å². The zero-order valence-electron chi connectivity index (χ0n) is 6.46. The van der Waals surface area contributed by atoms with E-state index in [9.17, 15) is 4.39 Å². The number of nitrogens with two attached hydrogens (primary N) is 1. The predicted octanol–water partition coefficient (Wildman–Crippen LogP) is 1.34. The van der Waals surface area contributed by atoms with Gasteiger partial charge in [-0.15, -0.1) is 0 Å². The van der Waals surface area contributed by atoms with Crippen molar-refractivity contribution in [1.82, 2.24) is 4.98 Å². The van der Waals surface area contributed by atoms with Crippen molar-refractivity contribution in [3.63, 3.8) is 0 Å². The lowest BCUT2D eigenvalue weighted by Gasteiger charge is -2.04. The Morgan fingerprint density at radius 3 is 3.00 bits per heavy atom. The van der Waals surface area contributed by atoms with Crippen LogP contribution in [0.5, 0.6) is 5.75 Å². The predicted molar refractivity (Wildman–Crippen MR) is 42.3 cm³/mol. The average Bonchev–Trinajstić information content (AvgIpc) is 2.81. The molecule has 1 fully saturated rings. The van der Waals surface area contributed by atoms with E-state index >= 15 is 0 Å². The largest absolute Gasteiger partial charge is 0.486 e. The van der Waals surface area contributed by atoms with Crippen molar-refractivity contribution in [2.75, 3.05) is 5.73 Å². The third-order valence-corrected chi connectivity index (χ3v) is 1.65. The molecule has 2 N–H and O–H groups in total. The van der Waals surface area contributed by atoms with Gasteiger partial charge >= 0.3 is 0 Å². The highest BCUT2D eigenvalue weighted by Gasteiger charge is 2.25. The molecular weight excluding hydrogens is 159 g/mol. The van der Waals surface area contributed by atoms with Crippen LogP contribution in [0.1, 0.15) is 12.8 Å². The summed E-state index contributed by atoms with van der Waals surface area (Å²) < 4.78 is 18.1. The van der Waals surface area contributed by atoms with Gasteiger partial charge in [0.05, 0.1) is 18.0 Å². The van der Waals surface area contributed by atoms with Gasteiger partial charge in [0.15, 0.2) is 5.75 Å². The fourth-order valence-electron chi connectivity index (χ4n) is 0.891. The molecule has 0 aromatic carbocycles. The highest BCUT2D eigenvalue weighted by Crippen LogP contribution is 2.28. The second-order valence-corrected chi connectivity index (χ2v) is 2.87. The molecule has 0 saturated heterocycles. The summed E-state index contributed by atoms with van der Waals surface area (Å²) in [5, 5.41) is 0. The summed E-state index contributed by atoms with van der Waals surface area (Å²) >= 11 is 0. The molecule has 64 valence electrons. The molecule has 0 atom stereocenters. The Morgan fingerprint density at radius 2 is 2.33 bits per heavy atom. The van der Waals surface area contributed by atoms with Crippen LogP contribution in [0.4, 0.5) is 10.1 Å². The molecule has 2 rings (SSSR count). The van der Waals surface area contributed by atoms with E-state index in [1.165, 1.54) is 12.3 Å². The van der Waals surface area contributed by atoms with Crippen LogP contribution < -0.4 is 10.5 Å². The normalized spacial score (nSPS) is 16.1. The second-order valence-electron chi connectivity index (χ2n) is 2.87. The van der Waals surface area contributed by atoms with Crippen molar-refractivity contribution in [3.8, 4) is 5.75 Å². The van der Waals surface area contributed by atoms with Crippen LogP contribution in [-0.2, 0) is 0 Å². The van der Waals surface area contributed by atoms with Crippen molar-refractivity contribution in [2.24, 2.45) is 0 Å². The van der Waals surface area contributed by atoms with Crippen LogP contribution in [0.15, 0.2) is 12.3 Å². The standard InChI is InChI=1S/C8H9FN2O/c9-8-7(12-6-1-2-6)3-5(10)4-11-8/h3-4,6H,1-2,10H2. The van der Waals surface area contributed by atoms with E-state index in [0.29, 0.717) is 5.69 Å². The average molecular weight is 168 g/mol. The zero-order valence-corrected chi connectivity index (χ0v) is 6.46. The number of hydrogen-bond donors (Lipinski definition) is 1. The maximum absolute atomic E-state index is 12.9. The van der Waals surface area contributed by atoms with Gasteiger partial charge in [0.25, 0.3) is 5.95 Å². The first-order valence-corrected chi connectivity index (χ1v) is 3.83. The maximum atomic E-state index is 12.9. The second kappa shape index (κ2) is 2.62. The van der Waals surface area contributed by atoms with Crippen molar-refractivity contribution in [2.45, 2.75) is 18.9 Å². The van der Waals surface area contributed by atoms with Crippen LogP contribution in [0.3, 0.4) is 0 Å². The molecular formula is C8H9FN2O. The summed E-state index contributed by atoms with van der Waals surface area (Å²) in [6.45, 7) is 0. The summed E-state index contributed by atoms with van der Waals surface area (Å²) in [5.74, 6) is -0.423. The van der Waals surface area contributed by atoms with Crippen molar-refractivity contribution < 1.29 is 9.13 Å². The van der Waals surface area contributed by atoms with Gasteiger partial charge in [-0.3, -0.25) is 0 Å². The summed E-state index contributed by atoms with van der Waals surface area (Å²) in [6.07, 6.45) is 3.43. The van der Waals surface area contributed by atoms with Gasteiger partial charge in [-0.1, -0.05) is 0 Å². The summed E-state index contributed by atoms with van der Waals surface area (Å²) in [6, 6.07) is 1.46. The minimum Gasteiger partial charge on any atom is -0.486 e. The third kappa shape index (κ3) is 1.47. The highest BCUT2D eigenvalue weighted by atomic mass is 19.1. The first-order chi connectivity index (χ1) is 5.75. The molecule has 12 heavy (non-hydrogen) atoms. The smallest absolute Gasteiger partial charge is 0.255 e. The quantitative estimate of drug-likeness (QED) is 0.678. The molecule has 0 radical (unpaired) electrons. The van der Waals surface area contributed by atoms with Crippen molar-refractivity contribution >= 4 is 5.69 Å². The van der Waals surface area contributed by atoms with Gasteiger partial charge in [0, 0.05) is 6.07 Å². The molecule has 1 heterocycles. The third-order valence-electron chi connectivity index (χ3n) is 1.65. The molecule has 3 nitrogen and oxygen atoms in total. The van der Waals surface area contributed by atoms with Crippen molar-refractivity contribution in [3.05, 3.63) is 18.2 Å². The first-order valence-electron chi connectivity index (χ1n) is 3.83. The lowest BCUT2D eigenvalue weighted by Crippen LogP contribution is -2.00. The molecule has 1 aromatic rings. The van der Waals surface area contributed by atoms with Gasteiger partial charge in [0.1, 0.15) is 0 Å². The molecule has 0 bridgehead atoms. The Labute approximate surface area is 69.4 Å². The van der Waals surface area contributed by atoms with Crippen LogP contribution >= 0.6 is 0 Å². The topological polar surface area (TPSA) is 48.1 Å². The SMILES string of the molecule is Nc1cnc(F)c(OC2CC2)c1. The minimum atomic E-state index is -0.587. The monoisotopic (exact) mass is 168 g/mol. The fraction of sp³-hybridized carbons (Fsp3) is 0.375. The number of halogens is 1. The number of anilines is 1. The maximum Gasteiger partial charge on any atom is 0.255 e. The Bertz CT molecular complexity index is 299. The summed E-state index contributed by atoms with van der Waals surface area (Å²) in [4.78, 5) is 3.44. The van der Waals surface area contributed by atoms with E-state index in [1.54, 1.807) is 0 Å². The Balaban J connectivity index is 2.21. The molecule has 4 heteroatoms. The molecule has 1 aliphatic rings. The van der Waals surface area contributed by atoms with E-state index in [0.717, 1.165) is 12.8 Å². The first kappa shape index (κ1) is 7.34. The van der Waals surface area contributed by atoms with Crippen LogP contribution in [0, 0.1) is 5.95 Å². The Hall–Kier alpha value is -1.32. The fourth-order valence-corrected chi connectivity index (χ4v) is 0.891. The molecule has 0 aliphatic heterocycles. The molecule has 0 amide bonds. The number of aromatic nitrogens is 1. The number of rotatable bonds is 2. The number of ether oxygens (including phenoxy) is 1. The number of nitrogens with zero attached hydrogens (tertiary/aromatic N) is 1. The van der Waals surface area contributed by atoms with E-state index in [4.69, 9.17) is 10.5 Å². The lowest BCUT2D eigenvalue weighted by molar-refractivity contribution is 0.283. The molecule has 0 unspecified atom stereocenters. The zero-order chi connectivity index (χ0) is 8.55. The number of hydrogen-bond acceptors (Lipinski definition) is 3. The van der Waals surface area contributed by atoms with Gasteiger partial charge in [-0.25, -0.2) is 4.98 Å². The van der Waals surface area contributed by atoms with Gasteiger partial charge in [0.2, 0.25) is 0 Å². The van der Waals surface area contributed by atoms with E-state index < -0.39 is 5.95 Å². The van der Waals surface area contributed by atoms with Gasteiger partial charge in [-0.05, 0) is 12.8 Å². The summed E-state index contributed by atoms with van der Waals surface area (Å²) in [5.41, 5.74) is 5.84. The molecule has 1 saturated carbocycles. The lowest BCUT2D eigenvalue weighted by atomic mass is 10.4. The Kier molecular flexibility index (Phi) is 1.60. The minimum absolute atomic E-state index is 0.164. The van der Waals surface area contributed by atoms with Gasteiger partial charge < -0.3 is 10.5 Å². The van der Waals surface area contributed by atoms with E-state index in [1.807, 2.05) is 0 Å². The number of pyridine rings is 1. The van der Waals surface area contributed by atoms with Crippen LogP contribution in [0.2, 0.25) is 0 Å². The highest BCUT2D eigenvalue weighted by molar-refractivity contribution is 5.40. The van der Waals surface area contributed by atoms with Crippen LogP contribution in [-0.4, -0.2) is 11.1 Å². The molecule has 1 aliphatic carbocycles. The van der Waals surface area contributed by atoms with Gasteiger partial charge in [-0.2, -0.15) is 4.39 Å². The summed E-state index contributed by atoms with van der Waals surface area (Å²) in [7, 11) is 0. The Morgan fingerprint density at radius 1 is 1.58 bits per heavy atom. The van der Waals surface area contributed by atoms with Crippen LogP contribution in [0.25, 0.3) is 0 Å². The van der Waals surface area contributed by atoms with E-state index in [2.05, 4.69) is 4.98 Å². The molecule has 1 aromatic heterocycles. The molecule has 0 spiro atoms. The number of nitrogen functional groups attached to an aromatic ring is 1.